The van der Waals surface area contributed by atoms with Crippen molar-refractivity contribution >= 4 is 58.0 Å². The van der Waals surface area contributed by atoms with Gasteiger partial charge in [-0.15, -0.1) is 11.8 Å². The molecule has 1 heterocycles. The highest BCUT2D eigenvalue weighted by molar-refractivity contribution is 7.99. The van der Waals surface area contributed by atoms with Crippen LogP contribution < -0.4 is 10.2 Å². The van der Waals surface area contributed by atoms with Crippen molar-refractivity contribution in [1.82, 2.24) is 10.4 Å². The van der Waals surface area contributed by atoms with Crippen molar-refractivity contribution in [1.29, 1.82) is 0 Å². The number of rotatable bonds is 7. The van der Waals surface area contributed by atoms with Crippen molar-refractivity contribution < 1.29 is 9.53 Å². The quantitative estimate of drug-likeness (QED) is 0.325. The Morgan fingerprint density at radius 1 is 1.21 bits per heavy atom. The van der Waals surface area contributed by atoms with E-state index in [9.17, 15) is 4.79 Å². The highest BCUT2D eigenvalue weighted by Gasteiger charge is 2.05. The van der Waals surface area contributed by atoms with Crippen molar-refractivity contribution in [3.63, 3.8) is 0 Å². The molecule has 144 valence electrons. The number of hydrazone groups is 1. The maximum Gasteiger partial charge on any atom is 0.250 e. The number of halogens is 2. The molecule has 3 aromatic rings. The molecule has 0 saturated heterocycles. The summed E-state index contributed by atoms with van der Waals surface area (Å²) in [6, 6.07) is 14.9. The molecule has 8 heteroatoms. The van der Waals surface area contributed by atoms with Gasteiger partial charge in [-0.25, -0.2) is 10.4 Å². The summed E-state index contributed by atoms with van der Waals surface area (Å²) in [4.78, 5) is 16.3. The molecule has 1 aromatic heterocycles. The Bertz CT molecular complexity index is 1010. The van der Waals surface area contributed by atoms with Crippen molar-refractivity contribution in [3.8, 4) is 5.75 Å². The van der Waals surface area contributed by atoms with Gasteiger partial charge in [-0.3, -0.25) is 4.79 Å². The smallest absolute Gasteiger partial charge is 0.250 e. The van der Waals surface area contributed by atoms with Crippen molar-refractivity contribution in [2.24, 2.45) is 5.10 Å². The molecule has 0 aliphatic carbocycles. The molecule has 3 rings (SSSR count). The molecule has 0 aliphatic heterocycles. The first-order chi connectivity index (χ1) is 13.5. The molecular weight excluding hydrogens is 417 g/mol. The minimum absolute atomic E-state index is 0.190. The molecule has 0 spiro atoms. The maximum atomic E-state index is 11.9. The molecule has 0 saturated carbocycles. The molecule has 0 bridgehead atoms. The van der Waals surface area contributed by atoms with Crippen molar-refractivity contribution in [3.05, 3.63) is 69.8 Å². The predicted molar refractivity (Wildman–Crippen MR) is 117 cm³/mol. The van der Waals surface area contributed by atoms with E-state index in [4.69, 9.17) is 27.9 Å². The third-order valence-corrected chi connectivity index (χ3v) is 5.37. The molecular formula is C20H17Cl2N3O2S. The second-order valence-corrected chi connectivity index (χ2v) is 7.62. The van der Waals surface area contributed by atoms with Crippen LogP contribution in [0, 0.1) is 0 Å². The summed E-state index contributed by atoms with van der Waals surface area (Å²) < 4.78 is 5.18. The van der Waals surface area contributed by atoms with E-state index in [1.807, 2.05) is 48.5 Å². The van der Waals surface area contributed by atoms with Crippen LogP contribution in [0.5, 0.6) is 5.75 Å². The largest absolute Gasteiger partial charge is 0.497 e. The number of nitrogens with zero attached hydrogens (tertiary/aromatic N) is 2. The Kier molecular flexibility index (Phi) is 7.14. The van der Waals surface area contributed by atoms with E-state index in [-0.39, 0.29) is 5.91 Å². The third kappa shape index (κ3) is 5.61. The summed E-state index contributed by atoms with van der Waals surface area (Å²) in [6.45, 7) is 0. The summed E-state index contributed by atoms with van der Waals surface area (Å²) in [6.07, 6.45) is 1.49. The Balaban J connectivity index is 1.54. The molecule has 0 atom stereocenters. The number of pyridine rings is 1. The van der Waals surface area contributed by atoms with Crippen molar-refractivity contribution in [2.75, 3.05) is 12.9 Å². The molecule has 1 amide bonds. The topological polar surface area (TPSA) is 63.6 Å². The van der Waals surface area contributed by atoms with Gasteiger partial charge in [0, 0.05) is 27.8 Å². The second kappa shape index (κ2) is 9.78. The number of hydrogen-bond donors (Lipinski definition) is 1. The lowest BCUT2D eigenvalue weighted by atomic mass is 10.1. The fourth-order valence-electron chi connectivity index (χ4n) is 2.41. The van der Waals surface area contributed by atoms with Gasteiger partial charge in [0.2, 0.25) is 5.91 Å². The molecule has 0 radical (unpaired) electrons. The van der Waals surface area contributed by atoms with Gasteiger partial charge in [0.05, 0.1) is 24.6 Å². The Labute approximate surface area is 177 Å². The standard InChI is InChI=1S/C20H17Cl2N3O2S/c1-27-17-7-4-14-8-15(20(22)24-18(14)9-17)10-23-25-19(26)12-28-11-13-2-5-16(21)6-3-13/h2-10H,11-12H2,1H3,(H,25,26)/b23-10-. The normalized spacial score (nSPS) is 11.1. The highest BCUT2D eigenvalue weighted by Crippen LogP contribution is 2.23. The fraction of sp³-hybridized carbons (Fsp3) is 0.150. The third-order valence-electron chi connectivity index (χ3n) is 3.81. The van der Waals surface area contributed by atoms with Gasteiger partial charge < -0.3 is 4.74 Å². The number of hydrogen-bond acceptors (Lipinski definition) is 5. The summed E-state index contributed by atoms with van der Waals surface area (Å²) >= 11 is 13.6. The highest BCUT2D eigenvalue weighted by atomic mass is 35.5. The van der Waals surface area contributed by atoms with Crippen LogP contribution in [0.4, 0.5) is 0 Å². The summed E-state index contributed by atoms with van der Waals surface area (Å²) in [5.41, 5.74) is 4.95. The molecule has 2 aromatic carbocycles. The lowest BCUT2D eigenvalue weighted by Crippen LogP contribution is -2.19. The zero-order valence-electron chi connectivity index (χ0n) is 15.0. The fourth-order valence-corrected chi connectivity index (χ4v) is 3.51. The van der Waals surface area contributed by atoms with Crippen LogP contribution in [0.15, 0.2) is 53.6 Å². The van der Waals surface area contributed by atoms with Crippen LogP contribution in [0.2, 0.25) is 10.2 Å². The zero-order chi connectivity index (χ0) is 19.9. The van der Waals surface area contributed by atoms with Crippen LogP contribution in [0.25, 0.3) is 10.9 Å². The first-order valence-corrected chi connectivity index (χ1v) is 10.2. The van der Waals surface area contributed by atoms with Gasteiger partial charge in [-0.1, -0.05) is 35.3 Å². The summed E-state index contributed by atoms with van der Waals surface area (Å²) in [5, 5.41) is 5.87. The molecule has 28 heavy (non-hydrogen) atoms. The van der Waals surface area contributed by atoms with E-state index in [0.29, 0.717) is 27.2 Å². The molecule has 0 unspecified atom stereocenters. The SMILES string of the molecule is COc1ccc2cc(/C=N\NC(=O)CSCc3ccc(Cl)cc3)c(Cl)nc2c1. The van der Waals surface area contributed by atoms with Gasteiger partial charge >= 0.3 is 0 Å². The van der Waals surface area contributed by atoms with Gasteiger partial charge in [-0.05, 0) is 35.9 Å². The van der Waals surface area contributed by atoms with Crippen LogP contribution >= 0.6 is 35.0 Å². The van der Waals surface area contributed by atoms with Gasteiger partial charge in [0.15, 0.2) is 0 Å². The average molecular weight is 434 g/mol. The number of aromatic nitrogens is 1. The first-order valence-electron chi connectivity index (χ1n) is 8.33. The number of amides is 1. The summed E-state index contributed by atoms with van der Waals surface area (Å²) in [7, 11) is 1.60. The van der Waals surface area contributed by atoms with Gasteiger partial charge in [0.1, 0.15) is 10.9 Å². The zero-order valence-corrected chi connectivity index (χ0v) is 17.3. The number of carbonyl (C=O) groups excluding carboxylic acids is 1. The Morgan fingerprint density at radius 3 is 2.75 bits per heavy atom. The van der Waals surface area contributed by atoms with E-state index >= 15 is 0 Å². The predicted octanol–water partition coefficient (Wildman–Crippen LogP) is 4.93. The Morgan fingerprint density at radius 2 is 2.00 bits per heavy atom. The minimum Gasteiger partial charge on any atom is -0.497 e. The number of benzene rings is 2. The van der Waals surface area contributed by atoms with E-state index < -0.39 is 0 Å². The van der Waals surface area contributed by atoms with Gasteiger partial charge in [-0.2, -0.15) is 5.10 Å². The number of nitrogens with one attached hydrogen (secondary N) is 1. The van der Waals surface area contributed by atoms with E-state index in [1.54, 1.807) is 7.11 Å². The van der Waals surface area contributed by atoms with E-state index in [2.05, 4.69) is 15.5 Å². The first kappa shape index (κ1) is 20.5. The molecule has 0 aliphatic rings. The van der Waals surface area contributed by atoms with Crippen LogP contribution in [-0.4, -0.2) is 30.0 Å². The lowest BCUT2D eigenvalue weighted by Gasteiger charge is -2.05. The molecule has 5 nitrogen and oxygen atoms in total. The lowest BCUT2D eigenvalue weighted by molar-refractivity contribution is -0.118. The van der Waals surface area contributed by atoms with Gasteiger partial charge in [0.25, 0.3) is 0 Å². The summed E-state index contributed by atoms with van der Waals surface area (Å²) in [5.74, 6) is 1.53. The van der Waals surface area contributed by atoms with E-state index in [1.165, 1.54) is 18.0 Å². The van der Waals surface area contributed by atoms with Crippen LogP contribution in [0.3, 0.4) is 0 Å². The number of methoxy groups -OCH3 is 1. The maximum absolute atomic E-state index is 11.9. The molecule has 0 fully saturated rings. The van der Waals surface area contributed by atoms with Crippen LogP contribution in [-0.2, 0) is 10.5 Å². The number of carbonyl (C=O) groups is 1. The van der Waals surface area contributed by atoms with Crippen LogP contribution in [0.1, 0.15) is 11.1 Å². The van der Waals surface area contributed by atoms with E-state index in [0.717, 1.165) is 22.2 Å². The average Bonchev–Trinajstić information content (AvgIpc) is 2.69. The monoisotopic (exact) mass is 433 g/mol. The number of fused-ring (bicyclic) bond motifs is 1. The molecule has 1 N–H and O–H groups in total. The second-order valence-electron chi connectivity index (χ2n) is 5.84. The number of thioether (sulfide) groups is 1. The van der Waals surface area contributed by atoms with Crippen molar-refractivity contribution in [2.45, 2.75) is 5.75 Å². The Hall–Kier alpha value is -2.28. The number of ether oxygens (including phenoxy) is 1. The minimum atomic E-state index is -0.190.